The summed E-state index contributed by atoms with van der Waals surface area (Å²) in [6.07, 6.45) is 1.49. The largest absolute Gasteiger partial charge is 0.322 e. The number of carbonyl (C=O) groups excluding carboxylic acids is 1. The zero-order valence-corrected chi connectivity index (χ0v) is 14.2. The lowest BCUT2D eigenvalue weighted by atomic mass is 10.2. The van der Waals surface area contributed by atoms with Gasteiger partial charge in [-0.1, -0.05) is 4.47 Å². The number of amides is 1. The summed E-state index contributed by atoms with van der Waals surface area (Å²) in [7, 11) is 0.366. The van der Waals surface area contributed by atoms with E-state index in [9.17, 15) is 18.0 Å². The molecule has 0 bridgehead atoms. The lowest BCUT2D eigenvalue weighted by Crippen LogP contribution is -2.25. The van der Waals surface area contributed by atoms with Crippen molar-refractivity contribution in [2.24, 2.45) is 7.05 Å². The molecule has 0 radical (unpaired) electrons. The van der Waals surface area contributed by atoms with Crippen molar-refractivity contribution in [1.82, 2.24) is 9.04 Å². The second-order valence-electron chi connectivity index (χ2n) is 4.94. The van der Waals surface area contributed by atoms with Crippen LogP contribution in [0.15, 0.2) is 52.3 Å². The molecule has 0 aliphatic carbocycles. The number of hydrogen-bond acceptors (Lipinski definition) is 5. The van der Waals surface area contributed by atoms with Gasteiger partial charge in [-0.15, -0.1) is 0 Å². The van der Waals surface area contributed by atoms with Gasteiger partial charge >= 0.3 is 0 Å². The number of aryl methyl sites for hydroxylation is 1. The topological polar surface area (TPSA) is 97.7 Å². The maximum atomic E-state index is 12.1. The van der Waals surface area contributed by atoms with Gasteiger partial charge in [-0.3, -0.25) is 14.4 Å². The molecule has 2 aromatic rings. The highest BCUT2D eigenvalue weighted by Crippen LogP contribution is 2.17. The van der Waals surface area contributed by atoms with Crippen LogP contribution in [-0.2, 0) is 21.9 Å². The van der Waals surface area contributed by atoms with Crippen LogP contribution in [0.1, 0.15) is 10.4 Å². The lowest BCUT2D eigenvalue weighted by Gasteiger charge is -2.14. The fourth-order valence-electron chi connectivity index (χ4n) is 1.85. The summed E-state index contributed by atoms with van der Waals surface area (Å²) in [6, 6.07) is 8.35. The number of nitrogens with zero attached hydrogens (tertiary/aromatic N) is 2. The summed E-state index contributed by atoms with van der Waals surface area (Å²) in [4.78, 5) is 28.4. The van der Waals surface area contributed by atoms with E-state index in [4.69, 9.17) is 0 Å². The second kappa shape index (κ2) is 6.95. The predicted molar refractivity (Wildman–Crippen MR) is 88.0 cm³/mol. The van der Waals surface area contributed by atoms with Gasteiger partial charge in [0.25, 0.3) is 21.5 Å². The van der Waals surface area contributed by atoms with Gasteiger partial charge in [0.2, 0.25) is 0 Å². The summed E-state index contributed by atoms with van der Waals surface area (Å²) in [5.41, 5.74) is 0.320. The molecule has 0 atom stereocenters. The van der Waals surface area contributed by atoms with Crippen molar-refractivity contribution < 1.29 is 18.0 Å². The van der Waals surface area contributed by atoms with Crippen LogP contribution in [0, 0.1) is 0 Å². The quantitative estimate of drug-likeness (QED) is 0.804. The van der Waals surface area contributed by atoms with Gasteiger partial charge in [0, 0.05) is 37.6 Å². The maximum Gasteiger partial charge on any atom is 0.264 e. The zero-order chi connectivity index (χ0) is 17.9. The third-order valence-electron chi connectivity index (χ3n) is 3.37. The first-order valence-electron chi connectivity index (χ1n) is 6.87. The minimum absolute atomic E-state index is 0.0263. The normalized spacial score (nSPS) is 11.5. The molecule has 8 nitrogen and oxygen atoms in total. The van der Waals surface area contributed by atoms with Crippen molar-refractivity contribution in [3.8, 4) is 0 Å². The monoisotopic (exact) mass is 351 g/mol. The van der Waals surface area contributed by atoms with Crippen LogP contribution in [0.3, 0.4) is 0 Å². The van der Waals surface area contributed by atoms with Crippen LogP contribution >= 0.6 is 0 Å². The molecule has 1 aromatic heterocycles. The standard InChI is InChI=1S/C15H17N3O5S/c1-17-9-8-11(10-14(17)19)15(20)16-12-4-6-13(7-5-12)24(21,22)18(2)23-3/h4-10H,1-3H3,(H,16,20). The van der Waals surface area contributed by atoms with Crippen molar-refractivity contribution in [2.75, 3.05) is 19.5 Å². The smallest absolute Gasteiger partial charge is 0.264 e. The lowest BCUT2D eigenvalue weighted by molar-refractivity contribution is -0.0258. The molecule has 0 saturated heterocycles. The second-order valence-corrected chi connectivity index (χ2v) is 6.88. The van der Waals surface area contributed by atoms with Crippen molar-refractivity contribution in [1.29, 1.82) is 0 Å². The Labute approximate surface area is 139 Å². The molecule has 0 spiro atoms. The maximum absolute atomic E-state index is 12.1. The van der Waals surface area contributed by atoms with Crippen LogP contribution in [0.25, 0.3) is 0 Å². The number of rotatable bonds is 5. The predicted octanol–water partition coefficient (Wildman–Crippen LogP) is 0.820. The van der Waals surface area contributed by atoms with E-state index in [-0.39, 0.29) is 16.0 Å². The Morgan fingerprint density at radius 2 is 1.83 bits per heavy atom. The number of carbonyl (C=O) groups is 1. The summed E-state index contributed by atoms with van der Waals surface area (Å²) in [5.74, 6) is -0.461. The van der Waals surface area contributed by atoms with Crippen molar-refractivity contribution >= 4 is 21.6 Å². The van der Waals surface area contributed by atoms with Gasteiger partial charge in [0.1, 0.15) is 0 Å². The van der Waals surface area contributed by atoms with Crippen LogP contribution in [0.4, 0.5) is 5.69 Å². The minimum Gasteiger partial charge on any atom is -0.322 e. The Hall–Kier alpha value is -2.49. The molecule has 1 amide bonds. The fraction of sp³-hybridized carbons (Fsp3) is 0.200. The molecule has 0 aliphatic rings. The minimum atomic E-state index is -3.74. The fourth-order valence-corrected chi connectivity index (χ4v) is 2.82. The number of pyridine rings is 1. The Morgan fingerprint density at radius 3 is 2.38 bits per heavy atom. The average Bonchev–Trinajstić information content (AvgIpc) is 2.56. The molecule has 2 rings (SSSR count). The van der Waals surface area contributed by atoms with Gasteiger partial charge in [0.15, 0.2) is 0 Å². The molecule has 0 fully saturated rings. The van der Waals surface area contributed by atoms with Crippen molar-refractivity contribution in [3.05, 3.63) is 58.5 Å². The first-order valence-corrected chi connectivity index (χ1v) is 8.31. The zero-order valence-electron chi connectivity index (χ0n) is 13.4. The molecule has 24 heavy (non-hydrogen) atoms. The molecule has 1 heterocycles. The molecule has 128 valence electrons. The van der Waals surface area contributed by atoms with Gasteiger partial charge in [-0.2, -0.15) is 0 Å². The van der Waals surface area contributed by atoms with Gasteiger partial charge in [-0.25, -0.2) is 8.42 Å². The number of nitrogens with one attached hydrogen (secondary N) is 1. The van der Waals surface area contributed by atoms with Crippen LogP contribution < -0.4 is 10.9 Å². The van der Waals surface area contributed by atoms with Crippen molar-refractivity contribution in [2.45, 2.75) is 4.90 Å². The number of hydroxylamine groups is 1. The molecular weight excluding hydrogens is 334 g/mol. The number of anilines is 1. The summed E-state index contributed by atoms with van der Waals surface area (Å²) in [6.45, 7) is 0. The number of aromatic nitrogens is 1. The number of sulfonamides is 1. The first-order chi connectivity index (χ1) is 11.3. The van der Waals surface area contributed by atoms with Crippen LogP contribution in [-0.4, -0.2) is 37.5 Å². The molecule has 0 aliphatic heterocycles. The van der Waals surface area contributed by atoms with Crippen LogP contribution in [0.2, 0.25) is 0 Å². The van der Waals surface area contributed by atoms with E-state index < -0.39 is 15.9 Å². The SMILES string of the molecule is CON(C)S(=O)(=O)c1ccc(NC(=O)c2ccn(C)c(=O)c2)cc1. The molecule has 0 unspecified atom stereocenters. The first kappa shape index (κ1) is 17.9. The Kier molecular flexibility index (Phi) is 5.17. The Morgan fingerprint density at radius 1 is 1.21 bits per heavy atom. The van der Waals surface area contributed by atoms with E-state index in [0.717, 1.165) is 4.47 Å². The van der Waals surface area contributed by atoms with Gasteiger partial charge in [-0.05, 0) is 30.3 Å². The highest BCUT2D eigenvalue weighted by molar-refractivity contribution is 7.89. The van der Waals surface area contributed by atoms with E-state index in [2.05, 4.69) is 10.2 Å². The number of benzene rings is 1. The average molecular weight is 351 g/mol. The van der Waals surface area contributed by atoms with E-state index in [1.165, 1.54) is 61.3 Å². The van der Waals surface area contributed by atoms with Gasteiger partial charge < -0.3 is 9.88 Å². The molecule has 1 N–H and O–H groups in total. The Balaban J connectivity index is 2.18. The molecule has 0 saturated carbocycles. The number of hydrogen-bond donors (Lipinski definition) is 1. The van der Waals surface area contributed by atoms with Crippen LogP contribution in [0.5, 0.6) is 0 Å². The summed E-state index contributed by atoms with van der Waals surface area (Å²) < 4.78 is 26.2. The van der Waals surface area contributed by atoms with Crippen molar-refractivity contribution in [3.63, 3.8) is 0 Å². The van der Waals surface area contributed by atoms with E-state index in [1.54, 1.807) is 7.05 Å². The summed E-state index contributed by atoms with van der Waals surface area (Å²) >= 11 is 0. The third kappa shape index (κ3) is 3.70. The Bertz CT molecular complexity index is 903. The highest BCUT2D eigenvalue weighted by atomic mass is 32.2. The molecule has 1 aromatic carbocycles. The third-order valence-corrected chi connectivity index (χ3v) is 5.07. The van der Waals surface area contributed by atoms with Gasteiger partial charge in [0.05, 0.1) is 12.0 Å². The molecular formula is C15H17N3O5S. The summed E-state index contributed by atoms with van der Waals surface area (Å²) in [5, 5.41) is 2.60. The van der Waals surface area contributed by atoms with E-state index >= 15 is 0 Å². The highest BCUT2D eigenvalue weighted by Gasteiger charge is 2.20. The van der Waals surface area contributed by atoms with E-state index in [0.29, 0.717) is 5.69 Å². The van der Waals surface area contributed by atoms with E-state index in [1.807, 2.05) is 0 Å². The molecule has 9 heteroatoms.